The van der Waals surface area contributed by atoms with Gasteiger partial charge in [-0.3, -0.25) is 4.79 Å². The molecule has 1 aliphatic rings. The van der Waals surface area contributed by atoms with Gasteiger partial charge in [0.15, 0.2) is 0 Å². The monoisotopic (exact) mass is 232 g/mol. The van der Waals surface area contributed by atoms with Crippen molar-refractivity contribution in [3.05, 3.63) is 23.8 Å². The zero-order valence-corrected chi connectivity index (χ0v) is 11.0. The summed E-state index contributed by atoms with van der Waals surface area (Å²) in [7, 11) is 0. The molecule has 3 nitrogen and oxygen atoms in total. The molecule has 1 amide bonds. The first-order valence-corrected chi connectivity index (χ1v) is 6.14. The standard InChI is InChI=1S/C14H20N2O/c1-5-11-7-6-8-12-13(11)16(10(2)17)14(3,4)9-15-12/h6-8,15H,5,9H2,1-4H3. The van der Waals surface area contributed by atoms with E-state index in [9.17, 15) is 4.79 Å². The van der Waals surface area contributed by atoms with Crippen LogP contribution in [0.3, 0.4) is 0 Å². The molecule has 0 saturated carbocycles. The van der Waals surface area contributed by atoms with Gasteiger partial charge in [-0.25, -0.2) is 0 Å². The number of benzene rings is 1. The van der Waals surface area contributed by atoms with E-state index >= 15 is 0 Å². The Morgan fingerprint density at radius 1 is 1.47 bits per heavy atom. The molecule has 0 unspecified atom stereocenters. The molecule has 3 heteroatoms. The van der Waals surface area contributed by atoms with Crippen molar-refractivity contribution in [1.82, 2.24) is 0 Å². The summed E-state index contributed by atoms with van der Waals surface area (Å²) in [6.45, 7) is 8.74. The Morgan fingerprint density at radius 3 is 2.76 bits per heavy atom. The maximum atomic E-state index is 11.9. The number of hydrogen-bond acceptors (Lipinski definition) is 2. The van der Waals surface area contributed by atoms with Gasteiger partial charge in [0.1, 0.15) is 0 Å². The van der Waals surface area contributed by atoms with Crippen LogP contribution in [0.1, 0.15) is 33.3 Å². The highest BCUT2D eigenvalue weighted by Crippen LogP contribution is 2.39. The van der Waals surface area contributed by atoms with Gasteiger partial charge in [0, 0.05) is 13.5 Å². The highest BCUT2D eigenvalue weighted by molar-refractivity contribution is 5.99. The van der Waals surface area contributed by atoms with Crippen LogP contribution in [-0.2, 0) is 11.2 Å². The molecule has 0 bridgehead atoms. The van der Waals surface area contributed by atoms with Crippen LogP contribution in [-0.4, -0.2) is 18.0 Å². The fraction of sp³-hybridized carbons (Fsp3) is 0.500. The molecule has 92 valence electrons. The lowest BCUT2D eigenvalue weighted by molar-refractivity contribution is -0.117. The second kappa shape index (κ2) is 4.06. The van der Waals surface area contributed by atoms with Crippen molar-refractivity contribution >= 4 is 17.3 Å². The van der Waals surface area contributed by atoms with E-state index in [1.165, 1.54) is 5.56 Å². The van der Waals surface area contributed by atoms with E-state index in [4.69, 9.17) is 0 Å². The molecule has 17 heavy (non-hydrogen) atoms. The van der Waals surface area contributed by atoms with E-state index in [2.05, 4.69) is 32.2 Å². The van der Waals surface area contributed by atoms with E-state index in [0.29, 0.717) is 0 Å². The average molecular weight is 232 g/mol. The first-order chi connectivity index (χ1) is 7.97. The third kappa shape index (κ3) is 1.90. The second-order valence-corrected chi connectivity index (χ2v) is 5.19. The van der Waals surface area contributed by atoms with Gasteiger partial charge in [0.25, 0.3) is 0 Å². The number of fused-ring (bicyclic) bond motifs is 1. The largest absolute Gasteiger partial charge is 0.381 e. The zero-order valence-electron chi connectivity index (χ0n) is 11.0. The van der Waals surface area contributed by atoms with Gasteiger partial charge in [-0.2, -0.15) is 0 Å². The van der Waals surface area contributed by atoms with Crippen LogP contribution < -0.4 is 10.2 Å². The molecule has 1 heterocycles. The lowest BCUT2D eigenvalue weighted by Crippen LogP contribution is -2.54. The van der Waals surface area contributed by atoms with Crippen molar-refractivity contribution < 1.29 is 4.79 Å². The maximum absolute atomic E-state index is 11.9. The number of nitrogens with zero attached hydrogens (tertiary/aromatic N) is 1. The minimum atomic E-state index is -0.176. The SMILES string of the molecule is CCc1cccc2c1N(C(C)=O)C(C)(C)CN2. The summed E-state index contributed by atoms with van der Waals surface area (Å²) in [6.07, 6.45) is 0.935. The lowest BCUT2D eigenvalue weighted by atomic mass is 9.94. The Balaban J connectivity index is 2.62. The normalized spacial score (nSPS) is 17.3. The summed E-state index contributed by atoms with van der Waals surface area (Å²) in [5.74, 6) is 0.110. The second-order valence-electron chi connectivity index (χ2n) is 5.19. The predicted octanol–water partition coefficient (Wildman–Crippen LogP) is 2.81. The molecule has 0 radical (unpaired) electrons. The first-order valence-electron chi connectivity index (χ1n) is 6.14. The van der Waals surface area contributed by atoms with E-state index in [-0.39, 0.29) is 11.4 Å². The fourth-order valence-electron chi connectivity index (χ4n) is 2.56. The maximum Gasteiger partial charge on any atom is 0.224 e. The number of rotatable bonds is 1. The van der Waals surface area contributed by atoms with Gasteiger partial charge in [-0.1, -0.05) is 19.1 Å². The Kier molecular flexibility index (Phi) is 2.86. The Labute approximate surface area is 103 Å². The zero-order chi connectivity index (χ0) is 12.6. The van der Waals surface area contributed by atoms with Crippen molar-refractivity contribution in [2.24, 2.45) is 0 Å². The number of para-hydroxylation sites is 1. The lowest BCUT2D eigenvalue weighted by Gasteiger charge is -2.44. The molecule has 2 rings (SSSR count). The molecule has 0 fully saturated rings. The quantitative estimate of drug-likeness (QED) is 0.807. The van der Waals surface area contributed by atoms with Crippen LogP contribution in [0.15, 0.2) is 18.2 Å². The minimum Gasteiger partial charge on any atom is -0.381 e. The molecule has 1 aromatic carbocycles. The molecule has 1 aromatic rings. The Bertz CT molecular complexity index is 437. The van der Waals surface area contributed by atoms with Crippen LogP contribution in [0.25, 0.3) is 0 Å². The van der Waals surface area contributed by atoms with Gasteiger partial charge >= 0.3 is 0 Å². The van der Waals surface area contributed by atoms with Gasteiger partial charge in [0.05, 0.1) is 16.9 Å². The topological polar surface area (TPSA) is 32.3 Å². The number of aryl methyl sites for hydroxylation is 1. The van der Waals surface area contributed by atoms with Crippen LogP contribution >= 0.6 is 0 Å². The van der Waals surface area contributed by atoms with E-state index in [1.807, 2.05) is 17.0 Å². The van der Waals surface area contributed by atoms with Crippen molar-refractivity contribution in [3.8, 4) is 0 Å². The molecule has 0 spiro atoms. The Morgan fingerprint density at radius 2 is 2.18 bits per heavy atom. The van der Waals surface area contributed by atoms with Crippen molar-refractivity contribution in [1.29, 1.82) is 0 Å². The Hall–Kier alpha value is -1.51. The molecule has 1 N–H and O–H groups in total. The smallest absolute Gasteiger partial charge is 0.224 e. The molecule has 1 aliphatic heterocycles. The summed E-state index contributed by atoms with van der Waals surface area (Å²) in [6, 6.07) is 6.18. The number of amides is 1. The van der Waals surface area contributed by atoms with Crippen molar-refractivity contribution in [2.75, 3.05) is 16.8 Å². The molecule has 0 aliphatic carbocycles. The summed E-state index contributed by atoms with van der Waals surface area (Å²) < 4.78 is 0. The molecule has 0 aromatic heterocycles. The predicted molar refractivity (Wildman–Crippen MR) is 71.5 cm³/mol. The highest BCUT2D eigenvalue weighted by atomic mass is 16.2. The minimum absolute atomic E-state index is 0.110. The van der Waals surface area contributed by atoms with E-state index in [1.54, 1.807) is 6.92 Å². The van der Waals surface area contributed by atoms with Crippen molar-refractivity contribution in [3.63, 3.8) is 0 Å². The van der Waals surface area contributed by atoms with Crippen LogP contribution in [0.5, 0.6) is 0 Å². The fourth-order valence-corrected chi connectivity index (χ4v) is 2.56. The molecular formula is C14H20N2O. The molecular weight excluding hydrogens is 212 g/mol. The van der Waals surface area contributed by atoms with E-state index in [0.717, 1.165) is 24.3 Å². The summed E-state index contributed by atoms with van der Waals surface area (Å²) in [5.41, 5.74) is 3.17. The van der Waals surface area contributed by atoms with Gasteiger partial charge in [-0.15, -0.1) is 0 Å². The van der Waals surface area contributed by atoms with Crippen LogP contribution in [0.4, 0.5) is 11.4 Å². The third-order valence-corrected chi connectivity index (χ3v) is 3.36. The van der Waals surface area contributed by atoms with E-state index < -0.39 is 0 Å². The van der Waals surface area contributed by atoms with Crippen LogP contribution in [0.2, 0.25) is 0 Å². The number of carbonyl (C=O) groups excluding carboxylic acids is 1. The van der Waals surface area contributed by atoms with Gasteiger partial charge in [0.2, 0.25) is 5.91 Å². The van der Waals surface area contributed by atoms with Crippen molar-refractivity contribution in [2.45, 2.75) is 39.7 Å². The number of nitrogens with one attached hydrogen (secondary N) is 1. The number of anilines is 2. The first kappa shape index (κ1) is 12.0. The van der Waals surface area contributed by atoms with Gasteiger partial charge in [-0.05, 0) is 31.9 Å². The van der Waals surface area contributed by atoms with Crippen LogP contribution in [0, 0.1) is 0 Å². The summed E-state index contributed by atoms with van der Waals surface area (Å²) >= 11 is 0. The van der Waals surface area contributed by atoms with Gasteiger partial charge < -0.3 is 10.2 Å². The summed E-state index contributed by atoms with van der Waals surface area (Å²) in [4.78, 5) is 13.9. The number of carbonyl (C=O) groups is 1. The molecule has 0 saturated heterocycles. The average Bonchev–Trinajstić information content (AvgIpc) is 2.26. The third-order valence-electron chi connectivity index (χ3n) is 3.36. The molecule has 0 atom stereocenters. The number of hydrogen-bond donors (Lipinski definition) is 1. The summed E-state index contributed by atoms with van der Waals surface area (Å²) in [5, 5.41) is 3.42. The highest BCUT2D eigenvalue weighted by Gasteiger charge is 2.36.